The predicted molar refractivity (Wildman–Crippen MR) is 113 cm³/mol. The molecule has 33 heavy (non-hydrogen) atoms. The molecule has 2 heterocycles. The summed E-state index contributed by atoms with van der Waals surface area (Å²) in [6, 6.07) is 6.98. The molecule has 2 aromatic heterocycles. The van der Waals surface area contributed by atoms with Crippen LogP contribution < -0.4 is 10.6 Å². The van der Waals surface area contributed by atoms with Crippen molar-refractivity contribution in [3.8, 4) is 0 Å². The minimum Gasteiger partial charge on any atom is -0.480 e. The van der Waals surface area contributed by atoms with Crippen LogP contribution in [0.25, 0.3) is 0 Å². The highest BCUT2D eigenvalue weighted by molar-refractivity contribution is 5.78. The lowest BCUT2D eigenvalue weighted by molar-refractivity contribution is -0.138. The first kappa shape index (κ1) is 23.6. The Morgan fingerprint density at radius 1 is 1.18 bits per heavy atom. The van der Waals surface area contributed by atoms with E-state index in [1.54, 1.807) is 12.1 Å². The zero-order valence-electron chi connectivity index (χ0n) is 17.1. The van der Waals surface area contributed by atoms with Crippen molar-refractivity contribution in [3.05, 3.63) is 71.7 Å². The van der Waals surface area contributed by atoms with Gasteiger partial charge in [-0.25, -0.2) is 14.4 Å². The number of pyridine rings is 1. The van der Waals surface area contributed by atoms with Gasteiger partial charge in [-0.3, -0.25) is 14.8 Å². The molecule has 0 radical (unpaired) electrons. The highest BCUT2D eigenvalue weighted by Crippen LogP contribution is 2.31. The van der Waals surface area contributed by atoms with Gasteiger partial charge in [-0.1, -0.05) is 6.07 Å². The number of aromatic nitrogens is 3. The van der Waals surface area contributed by atoms with Crippen LogP contribution in [-0.2, 0) is 17.5 Å². The molecule has 172 valence electrons. The van der Waals surface area contributed by atoms with Crippen LogP contribution in [-0.4, -0.2) is 38.3 Å². The fourth-order valence-corrected chi connectivity index (χ4v) is 2.56. The van der Waals surface area contributed by atoms with E-state index in [2.05, 4.69) is 30.6 Å². The molecule has 1 unspecified atom stereocenters. The summed E-state index contributed by atoms with van der Waals surface area (Å²) in [6.45, 7) is 1.33. The molecule has 0 fully saturated rings. The zero-order chi connectivity index (χ0) is 24.0. The number of carbonyl (C=O) groups is 1. The van der Waals surface area contributed by atoms with Crippen LogP contribution in [0.5, 0.6) is 0 Å². The largest absolute Gasteiger partial charge is 0.480 e. The molecule has 1 aromatic carbocycles. The minimum atomic E-state index is -4.43. The number of hydrogen-bond acceptors (Lipinski definition) is 7. The molecule has 0 amide bonds. The van der Waals surface area contributed by atoms with Crippen molar-refractivity contribution in [2.45, 2.75) is 25.7 Å². The summed E-state index contributed by atoms with van der Waals surface area (Å²) in [7, 11) is 0. The summed E-state index contributed by atoms with van der Waals surface area (Å²) in [5, 5.41) is 14.2. The maximum Gasteiger partial charge on any atom is 0.416 e. The van der Waals surface area contributed by atoms with Crippen molar-refractivity contribution in [1.29, 1.82) is 0 Å². The maximum atomic E-state index is 13.8. The van der Waals surface area contributed by atoms with Gasteiger partial charge in [0.25, 0.3) is 0 Å². The number of alkyl halides is 3. The average molecular weight is 462 g/mol. The Balaban J connectivity index is 1.61. The summed E-state index contributed by atoms with van der Waals surface area (Å²) < 4.78 is 52.2. The number of rotatable bonds is 8. The van der Waals surface area contributed by atoms with Crippen molar-refractivity contribution in [3.63, 3.8) is 0 Å². The van der Waals surface area contributed by atoms with E-state index in [0.29, 0.717) is 11.4 Å². The second-order valence-electron chi connectivity index (χ2n) is 6.83. The van der Waals surface area contributed by atoms with Gasteiger partial charge in [0.15, 0.2) is 17.5 Å². The third kappa shape index (κ3) is 6.69. The number of anilines is 3. The second-order valence-corrected chi connectivity index (χ2v) is 6.83. The van der Waals surface area contributed by atoms with Crippen molar-refractivity contribution in [2.75, 3.05) is 10.6 Å². The molecule has 0 saturated heterocycles. The summed E-state index contributed by atoms with van der Waals surface area (Å²) in [4.78, 5) is 26.9. The van der Waals surface area contributed by atoms with E-state index in [1.165, 1.54) is 31.5 Å². The van der Waals surface area contributed by atoms with Crippen LogP contribution in [0.3, 0.4) is 0 Å². The first-order chi connectivity index (χ1) is 15.6. The number of halogens is 4. The lowest BCUT2D eigenvalue weighted by atomic mass is 10.2. The highest BCUT2D eigenvalue weighted by atomic mass is 19.4. The summed E-state index contributed by atoms with van der Waals surface area (Å²) >= 11 is 0. The van der Waals surface area contributed by atoms with Crippen LogP contribution in [0.2, 0.25) is 0 Å². The lowest BCUT2D eigenvalue weighted by Gasteiger charge is -2.11. The number of carboxylic acid groups (broad SMARTS) is 1. The van der Waals surface area contributed by atoms with Gasteiger partial charge in [-0.15, -0.1) is 0 Å². The van der Waals surface area contributed by atoms with E-state index in [1.807, 2.05) is 0 Å². The van der Waals surface area contributed by atoms with Crippen LogP contribution >= 0.6 is 0 Å². The fraction of sp³-hybridized carbons (Fsp3) is 0.190. The molecule has 8 nitrogen and oxygen atoms in total. The Morgan fingerprint density at radius 2 is 1.97 bits per heavy atom. The van der Waals surface area contributed by atoms with E-state index in [4.69, 9.17) is 5.11 Å². The summed E-state index contributed by atoms with van der Waals surface area (Å²) in [6.07, 6.45) is -0.657. The van der Waals surface area contributed by atoms with Gasteiger partial charge >= 0.3 is 12.1 Å². The van der Waals surface area contributed by atoms with Gasteiger partial charge in [-0.2, -0.15) is 13.2 Å². The Labute approximate surface area is 185 Å². The van der Waals surface area contributed by atoms with Crippen molar-refractivity contribution < 1.29 is 27.5 Å². The van der Waals surface area contributed by atoms with Crippen LogP contribution in [0.15, 0.2) is 53.8 Å². The number of nitrogens with zero attached hydrogens (tertiary/aromatic N) is 4. The van der Waals surface area contributed by atoms with Crippen molar-refractivity contribution >= 4 is 29.4 Å². The van der Waals surface area contributed by atoms with E-state index in [-0.39, 0.29) is 23.9 Å². The van der Waals surface area contributed by atoms with Crippen molar-refractivity contribution in [1.82, 2.24) is 15.0 Å². The molecule has 0 aliphatic carbocycles. The van der Waals surface area contributed by atoms with Gasteiger partial charge < -0.3 is 15.7 Å². The molecule has 1 atom stereocenters. The standard InChI is InChI=1S/C21H18F4N6O2/c1-12(20(32)33)29-19-17(22)10-28-18(31-19)11-26-8-15-5-6-16(9-27-15)30-14-4-2-3-13(7-14)21(23,24)25/h2-10,12,30H,11H2,1H3,(H,32,33)(H,28,29,31). The molecule has 3 aromatic rings. The Hall–Kier alpha value is -4.09. The quantitative estimate of drug-likeness (QED) is 0.338. The summed E-state index contributed by atoms with van der Waals surface area (Å²) in [5.74, 6) is -2.03. The molecule has 0 aliphatic rings. The molecule has 0 aliphatic heterocycles. The minimum absolute atomic E-state index is 0.0116. The van der Waals surface area contributed by atoms with Gasteiger partial charge in [0.1, 0.15) is 6.04 Å². The Morgan fingerprint density at radius 3 is 2.64 bits per heavy atom. The van der Waals surface area contributed by atoms with Crippen LogP contribution in [0.4, 0.5) is 34.8 Å². The third-order valence-corrected chi connectivity index (χ3v) is 4.24. The van der Waals surface area contributed by atoms with Gasteiger partial charge in [-0.05, 0) is 37.3 Å². The first-order valence-electron chi connectivity index (χ1n) is 9.53. The number of benzene rings is 1. The summed E-state index contributed by atoms with van der Waals surface area (Å²) in [5.41, 5.74) is 0.451. The molecule has 12 heteroatoms. The number of nitrogens with one attached hydrogen (secondary N) is 2. The predicted octanol–water partition coefficient (Wildman–Crippen LogP) is 4.28. The Kier molecular flexibility index (Phi) is 7.16. The number of hydrogen-bond donors (Lipinski definition) is 3. The first-order valence-corrected chi connectivity index (χ1v) is 9.53. The van der Waals surface area contributed by atoms with E-state index in [9.17, 15) is 22.4 Å². The smallest absolute Gasteiger partial charge is 0.416 e. The Bertz CT molecular complexity index is 1150. The zero-order valence-corrected chi connectivity index (χ0v) is 17.1. The molecule has 3 N–H and O–H groups in total. The van der Waals surface area contributed by atoms with Gasteiger partial charge in [0, 0.05) is 11.9 Å². The van der Waals surface area contributed by atoms with Crippen LogP contribution in [0, 0.1) is 5.82 Å². The highest BCUT2D eigenvalue weighted by Gasteiger charge is 2.30. The van der Waals surface area contributed by atoms with Crippen LogP contribution in [0.1, 0.15) is 24.0 Å². The molecular formula is C21H18F4N6O2. The SMILES string of the molecule is CC(Nc1nc(CN=Cc2ccc(Nc3cccc(C(F)(F)F)c3)cn2)ncc1F)C(=O)O. The lowest BCUT2D eigenvalue weighted by Crippen LogP contribution is -2.26. The van der Waals surface area contributed by atoms with Gasteiger partial charge in [0.2, 0.25) is 0 Å². The normalized spacial score (nSPS) is 12.5. The molecule has 0 saturated carbocycles. The number of carboxylic acids is 1. The molecule has 0 bridgehead atoms. The third-order valence-electron chi connectivity index (χ3n) is 4.24. The van der Waals surface area contributed by atoms with Gasteiger partial charge in [0.05, 0.1) is 35.9 Å². The van der Waals surface area contributed by atoms with Crippen molar-refractivity contribution in [2.24, 2.45) is 4.99 Å². The van der Waals surface area contributed by atoms with E-state index in [0.717, 1.165) is 18.3 Å². The topological polar surface area (TPSA) is 112 Å². The second kappa shape index (κ2) is 10.0. The van der Waals surface area contributed by atoms with E-state index >= 15 is 0 Å². The molecule has 0 spiro atoms. The fourth-order valence-electron chi connectivity index (χ4n) is 2.56. The van der Waals surface area contributed by atoms with E-state index < -0.39 is 29.6 Å². The average Bonchev–Trinajstić information content (AvgIpc) is 2.76. The number of aliphatic imine (C=N–C) groups is 1. The monoisotopic (exact) mass is 462 g/mol. The number of aliphatic carboxylic acids is 1. The maximum absolute atomic E-state index is 13.8. The molecule has 3 rings (SSSR count). The molecular weight excluding hydrogens is 444 g/mol.